The number of fused-ring (bicyclic) bond motifs is 3. The van der Waals surface area contributed by atoms with E-state index in [1.165, 1.54) is 39.0 Å². The van der Waals surface area contributed by atoms with Gasteiger partial charge in [-0.05, 0) is 56.9 Å². The molecule has 4 aromatic carbocycles. The standard InChI is InChI=1S/C34H29N3/c1-23-11-10-12-24(21-23)32-35-33(37-36-32)25-19-20-29-28-17-8-9-18-30(28)34(31(29)22-25,26-13-4-2-5-14-26)27-15-6-3-7-16-27/h2-20,22-23,33,37H,21H2,1H3,(H,35,36). The SMILES string of the molecule is CC1C=CC=C(C2=NC(c3ccc4c(c3)C(c3ccccc3)(c3ccccc3)c3ccccc3-4)NN2)C1. The molecular formula is C34H29N3. The van der Waals surface area contributed by atoms with E-state index in [4.69, 9.17) is 4.99 Å². The van der Waals surface area contributed by atoms with Gasteiger partial charge in [0, 0.05) is 0 Å². The number of nitrogens with one attached hydrogen (secondary N) is 2. The highest BCUT2D eigenvalue weighted by Gasteiger charge is 2.46. The lowest BCUT2D eigenvalue weighted by atomic mass is 9.67. The quantitative estimate of drug-likeness (QED) is 0.289. The monoisotopic (exact) mass is 479 g/mol. The summed E-state index contributed by atoms with van der Waals surface area (Å²) in [5.74, 6) is 1.47. The first kappa shape index (κ1) is 22.0. The number of benzene rings is 4. The Morgan fingerprint density at radius 3 is 2.16 bits per heavy atom. The zero-order valence-corrected chi connectivity index (χ0v) is 20.9. The van der Waals surface area contributed by atoms with Crippen LogP contribution in [0, 0.1) is 5.92 Å². The van der Waals surface area contributed by atoms with Gasteiger partial charge in [-0.25, -0.2) is 10.4 Å². The van der Waals surface area contributed by atoms with Gasteiger partial charge in [-0.2, -0.15) is 0 Å². The fraction of sp³-hybridized carbons (Fsp3) is 0.147. The van der Waals surface area contributed by atoms with Gasteiger partial charge in [0.25, 0.3) is 0 Å². The van der Waals surface area contributed by atoms with Gasteiger partial charge in [0.2, 0.25) is 0 Å². The van der Waals surface area contributed by atoms with Crippen molar-refractivity contribution in [2.45, 2.75) is 24.9 Å². The average molecular weight is 480 g/mol. The van der Waals surface area contributed by atoms with Gasteiger partial charge in [-0.1, -0.05) is 128 Å². The molecule has 0 saturated heterocycles. The molecule has 180 valence electrons. The molecule has 0 saturated carbocycles. The van der Waals surface area contributed by atoms with Crippen molar-refractivity contribution in [2.24, 2.45) is 10.9 Å². The number of hydrogen-bond acceptors (Lipinski definition) is 3. The van der Waals surface area contributed by atoms with E-state index in [0.717, 1.165) is 17.8 Å². The molecule has 1 aliphatic heterocycles. The van der Waals surface area contributed by atoms with Crippen LogP contribution in [-0.2, 0) is 5.41 Å². The van der Waals surface area contributed by atoms with Crippen LogP contribution in [-0.4, -0.2) is 5.84 Å². The Bertz CT molecular complexity index is 1520. The third-order valence-electron chi connectivity index (χ3n) is 7.97. The Kier molecular flexibility index (Phi) is 5.19. The molecule has 37 heavy (non-hydrogen) atoms. The molecule has 0 amide bonds. The topological polar surface area (TPSA) is 36.4 Å². The third kappa shape index (κ3) is 3.42. The van der Waals surface area contributed by atoms with Crippen LogP contribution in [0.4, 0.5) is 0 Å². The highest BCUT2D eigenvalue weighted by molar-refractivity contribution is 5.99. The fourth-order valence-corrected chi connectivity index (χ4v) is 6.30. The van der Waals surface area contributed by atoms with Gasteiger partial charge in [0.05, 0.1) is 5.41 Å². The second-order valence-electron chi connectivity index (χ2n) is 10.2. The predicted molar refractivity (Wildman–Crippen MR) is 151 cm³/mol. The van der Waals surface area contributed by atoms with E-state index in [1.807, 2.05) is 0 Å². The highest BCUT2D eigenvalue weighted by Crippen LogP contribution is 2.56. The van der Waals surface area contributed by atoms with Crippen LogP contribution in [0.15, 0.2) is 132 Å². The number of hydrogen-bond donors (Lipinski definition) is 2. The Balaban J connectivity index is 1.42. The molecule has 2 atom stereocenters. The van der Waals surface area contributed by atoms with Crippen molar-refractivity contribution < 1.29 is 0 Å². The van der Waals surface area contributed by atoms with Crippen molar-refractivity contribution in [1.29, 1.82) is 0 Å². The van der Waals surface area contributed by atoms with Gasteiger partial charge < -0.3 is 5.43 Å². The fourth-order valence-electron chi connectivity index (χ4n) is 6.30. The summed E-state index contributed by atoms with van der Waals surface area (Å²) in [6.45, 7) is 2.24. The molecule has 0 fully saturated rings. The first-order valence-electron chi connectivity index (χ1n) is 13.1. The van der Waals surface area contributed by atoms with Crippen molar-refractivity contribution in [1.82, 2.24) is 10.9 Å². The number of allylic oxidation sites excluding steroid dienone is 3. The largest absolute Gasteiger partial charge is 0.304 e. The summed E-state index contributed by atoms with van der Waals surface area (Å²) < 4.78 is 0. The number of hydrazine groups is 1. The Morgan fingerprint density at radius 2 is 1.43 bits per heavy atom. The van der Waals surface area contributed by atoms with E-state index in [0.29, 0.717) is 5.92 Å². The second kappa shape index (κ2) is 8.72. The molecule has 0 spiro atoms. The Labute approximate surface area is 218 Å². The van der Waals surface area contributed by atoms with Crippen LogP contribution >= 0.6 is 0 Å². The molecule has 0 aromatic heterocycles. The maximum atomic E-state index is 5.08. The second-order valence-corrected chi connectivity index (χ2v) is 10.2. The molecule has 3 aliphatic rings. The van der Waals surface area contributed by atoms with Crippen LogP contribution in [0.3, 0.4) is 0 Å². The van der Waals surface area contributed by atoms with Gasteiger partial charge in [0.15, 0.2) is 0 Å². The van der Waals surface area contributed by atoms with Crippen LogP contribution < -0.4 is 10.9 Å². The molecule has 1 heterocycles. The summed E-state index contributed by atoms with van der Waals surface area (Å²) in [5, 5.41) is 0. The first-order valence-corrected chi connectivity index (χ1v) is 13.1. The van der Waals surface area contributed by atoms with Crippen LogP contribution in [0.2, 0.25) is 0 Å². The maximum Gasteiger partial charge on any atom is 0.144 e. The summed E-state index contributed by atoms with van der Waals surface area (Å²) >= 11 is 0. The van der Waals surface area contributed by atoms with Crippen LogP contribution in [0.5, 0.6) is 0 Å². The van der Waals surface area contributed by atoms with E-state index in [2.05, 4.69) is 139 Å². The normalized spacial score (nSPS) is 21.0. The zero-order chi connectivity index (χ0) is 24.8. The molecule has 7 rings (SSSR count). The maximum absolute atomic E-state index is 5.08. The highest BCUT2D eigenvalue weighted by atomic mass is 15.5. The lowest BCUT2D eigenvalue weighted by Gasteiger charge is -2.34. The van der Waals surface area contributed by atoms with Gasteiger partial charge in [0.1, 0.15) is 12.0 Å². The molecule has 2 unspecified atom stereocenters. The number of rotatable bonds is 4. The molecule has 4 aromatic rings. The summed E-state index contributed by atoms with van der Waals surface area (Å²) in [7, 11) is 0. The average Bonchev–Trinajstić information content (AvgIpc) is 3.56. The minimum absolute atomic E-state index is 0.143. The first-order chi connectivity index (χ1) is 18.2. The minimum Gasteiger partial charge on any atom is -0.304 e. The van der Waals surface area contributed by atoms with E-state index in [9.17, 15) is 0 Å². The molecular weight excluding hydrogens is 450 g/mol. The molecule has 3 heteroatoms. The number of amidine groups is 1. The smallest absolute Gasteiger partial charge is 0.144 e. The van der Waals surface area contributed by atoms with Crippen molar-refractivity contribution in [2.75, 3.05) is 0 Å². The van der Waals surface area contributed by atoms with Crippen molar-refractivity contribution in [3.05, 3.63) is 155 Å². The summed E-state index contributed by atoms with van der Waals surface area (Å²) in [6.07, 6.45) is 7.42. The van der Waals surface area contributed by atoms with E-state index in [-0.39, 0.29) is 6.17 Å². The molecule has 2 aliphatic carbocycles. The van der Waals surface area contributed by atoms with Crippen LogP contribution in [0.25, 0.3) is 11.1 Å². The van der Waals surface area contributed by atoms with Crippen molar-refractivity contribution in [3.8, 4) is 11.1 Å². The molecule has 3 nitrogen and oxygen atoms in total. The van der Waals surface area contributed by atoms with E-state index >= 15 is 0 Å². The summed E-state index contributed by atoms with van der Waals surface area (Å²) in [6, 6.07) is 37.6. The summed E-state index contributed by atoms with van der Waals surface area (Å²) in [4.78, 5) is 5.08. The van der Waals surface area contributed by atoms with Crippen molar-refractivity contribution >= 4 is 5.84 Å². The molecule has 2 N–H and O–H groups in total. The van der Waals surface area contributed by atoms with Gasteiger partial charge >= 0.3 is 0 Å². The minimum atomic E-state index is -0.394. The van der Waals surface area contributed by atoms with Gasteiger partial charge in [-0.15, -0.1) is 0 Å². The van der Waals surface area contributed by atoms with Crippen molar-refractivity contribution in [3.63, 3.8) is 0 Å². The summed E-state index contributed by atoms with van der Waals surface area (Å²) in [5.41, 5.74) is 16.6. The van der Waals surface area contributed by atoms with Gasteiger partial charge in [-0.3, -0.25) is 0 Å². The van der Waals surface area contributed by atoms with E-state index in [1.54, 1.807) is 0 Å². The number of nitrogens with zero attached hydrogens (tertiary/aromatic N) is 1. The lowest BCUT2D eigenvalue weighted by Crippen LogP contribution is -2.33. The third-order valence-corrected chi connectivity index (χ3v) is 7.97. The van der Waals surface area contributed by atoms with E-state index < -0.39 is 5.41 Å². The predicted octanol–water partition coefficient (Wildman–Crippen LogP) is 7.08. The number of aliphatic imine (C=N–C) groups is 1. The lowest BCUT2D eigenvalue weighted by molar-refractivity contribution is 0.573. The zero-order valence-electron chi connectivity index (χ0n) is 20.9. The molecule has 0 bridgehead atoms. The Morgan fingerprint density at radius 1 is 0.757 bits per heavy atom. The van der Waals surface area contributed by atoms with Crippen LogP contribution in [0.1, 0.15) is 47.3 Å². The molecule has 0 radical (unpaired) electrons. The Hall–Kier alpha value is -4.21.